The maximum atomic E-state index is 5.89. The lowest BCUT2D eigenvalue weighted by atomic mass is 10.2. The van der Waals surface area contributed by atoms with Gasteiger partial charge in [-0.3, -0.25) is 4.68 Å². The van der Waals surface area contributed by atoms with Crippen LogP contribution in [0.5, 0.6) is 0 Å². The number of nitrogen functional groups attached to an aromatic ring is 1. The van der Waals surface area contributed by atoms with E-state index in [1.807, 2.05) is 31.3 Å². The van der Waals surface area contributed by atoms with Gasteiger partial charge >= 0.3 is 0 Å². The van der Waals surface area contributed by atoms with Crippen LogP contribution in [0, 0.1) is 0 Å². The highest BCUT2D eigenvalue weighted by Crippen LogP contribution is 2.25. The van der Waals surface area contributed by atoms with Gasteiger partial charge in [-0.15, -0.1) is 0 Å². The zero-order chi connectivity index (χ0) is 12.5. The number of benzene rings is 1. The van der Waals surface area contributed by atoms with E-state index in [1.54, 1.807) is 10.9 Å². The Bertz CT molecular complexity index is 703. The average Bonchev–Trinajstić information content (AvgIpc) is 2.76. The summed E-state index contributed by atoms with van der Waals surface area (Å²) in [5.41, 5.74) is 8.17. The lowest BCUT2D eigenvalue weighted by Crippen LogP contribution is -1.99. The lowest BCUT2D eigenvalue weighted by molar-refractivity contribution is 0.785. The molecule has 0 unspecified atom stereocenters. The number of aryl methyl sites for hydroxylation is 1. The minimum absolute atomic E-state index is 0.674. The van der Waals surface area contributed by atoms with Gasteiger partial charge in [0.05, 0.1) is 23.0 Å². The highest BCUT2D eigenvalue weighted by atomic mass is 15.3. The molecule has 2 heterocycles. The molecule has 0 atom stereocenters. The summed E-state index contributed by atoms with van der Waals surface area (Å²) in [7, 11) is 1.84. The quantitative estimate of drug-likeness (QED) is 0.666. The molecule has 6 heteroatoms. The van der Waals surface area contributed by atoms with Crippen LogP contribution in [0.3, 0.4) is 0 Å². The third-order valence-corrected chi connectivity index (χ3v) is 2.74. The average molecular weight is 240 g/mol. The van der Waals surface area contributed by atoms with Crippen LogP contribution in [-0.4, -0.2) is 19.7 Å². The molecule has 1 aromatic carbocycles. The van der Waals surface area contributed by atoms with Crippen molar-refractivity contribution in [1.82, 2.24) is 19.7 Å². The van der Waals surface area contributed by atoms with Crippen LogP contribution in [0.25, 0.3) is 11.0 Å². The normalized spacial score (nSPS) is 10.7. The first kappa shape index (κ1) is 10.5. The highest BCUT2D eigenvalue weighted by Gasteiger charge is 2.08. The van der Waals surface area contributed by atoms with Crippen molar-refractivity contribution >= 4 is 28.2 Å². The van der Waals surface area contributed by atoms with Crippen molar-refractivity contribution in [1.29, 1.82) is 0 Å². The number of para-hydroxylation sites is 2. The number of aromatic nitrogens is 4. The van der Waals surface area contributed by atoms with Gasteiger partial charge in [-0.1, -0.05) is 12.1 Å². The van der Waals surface area contributed by atoms with Crippen LogP contribution in [0.2, 0.25) is 0 Å². The molecule has 3 aromatic rings. The predicted octanol–water partition coefficient (Wildman–Crippen LogP) is 1.69. The molecule has 2 aromatic heterocycles. The third kappa shape index (κ3) is 1.64. The lowest BCUT2D eigenvalue weighted by Gasteiger charge is -2.08. The summed E-state index contributed by atoms with van der Waals surface area (Å²) < 4.78 is 1.70. The van der Waals surface area contributed by atoms with Crippen LogP contribution in [-0.2, 0) is 7.05 Å². The smallest absolute Gasteiger partial charge is 0.163 e. The Balaban J connectivity index is 2.08. The van der Waals surface area contributed by atoms with Crippen molar-refractivity contribution in [3.63, 3.8) is 0 Å². The van der Waals surface area contributed by atoms with Crippen molar-refractivity contribution in [2.45, 2.75) is 0 Å². The van der Waals surface area contributed by atoms with E-state index in [2.05, 4.69) is 20.4 Å². The minimum atomic E-state index is 0.674. The van der Waals surface area contributed by atoms with Gasteiger partial charge in [0.15, 0.2) is 5.65 Å². The molecule has 0 aliphatic carbocycles. The molecular weight excluding hydrogens is 228 g/mol. The highest BCUT2D eigenvalue weighted by molar-refractivity contribution is 5.89. The van der Waals surface area contributed by atoms with Gasteiger partial charge in [-0.25, -0.2) is 9.97 Å². The maximum absolute atomic E-state index is 5.89. The predicted molar refractivity (Wildman–Crippen MR) is 70.4 cm³/mol. The summed E-state index contributed by atoms with van der Waals surface area (Å²) in [5.74, 6) is 0.700. The summed E-state index contributed by atoms with van der Waals surface area (Å²) in [5, 5.41) is 8.23. The van der Waals surface area contributed by atoms with Gasteiger partial charge in [0.25, 0.3) is 0 Å². The second-order valence-corrected chi connectivity index (χ2v) is 3.94. The van der Waals surface area contributed by atoms with Gasteiger partial charge in [0.2, 0.25) is 0 Å². The van der Waals surface area contributed by atoms with E-state index in [9.17, 15) is 0 Å². The van der Waals surface area contributed by atoms with Crippen LogP contribution in [0.1, 0.15) is 0 Å². The number of rotatable bonds is 2. The van der Waals surface area contributed by atoms with Crippen molar-refractivity contribution in [2.24, 2.45) is 7.05 Å². The number of nitrogens with zero attached hydrogens (tertiary/aromatic N) is 4. The zero-order valence-electron chi connectivity index (χ0n) is 9.83. The molecule has 0 bridgehead atoms. The Morgan fingerprint density at radius 1 is 1.22 bits per heavy atom. The zero-order valence-corrected chi connectivity index (χ0v) is 9.83. The van der Waals surface area contributed by atoms with Crippen molar-refractivity contribution < 1.29 is 0 Å². The van der Waals surface area contributed by atoms with Crippen molar-refractivity contribution in [2.75, 3.05) is 11.1 Å². The van der Waals surface area contributed by atoms with E-state index in [0.717, 1.165) is 16.7 Å². The van der Waals surface area contributed by atoms with E-state index in [0.29, 0.717) is 11.5 Å². The van der Waals surface area contributed by atoms with Gasteiger partial charge in [0.1, 0.15) is 12.1 Å². The molecular formula is C12H12N6. The molecule has 6 nitrogen and oxygen atoms in total. The van der Waals surface area contributed by atoms with E-state index >= 15 is 0 Å². The van der Waals surface area contributed by atoms with Crippen LogP contribution in [0.4, 0.5) is 17.2 Å². The van der Waals surface area contributed by atoms with Gasteiger partial charge < -0.3 is 11.1 Å². The van der Waals surface area contributed by atoms with Gasteiger partial charge in [-0.2, -0.15) is 5.10 Å². The summed E-state index contributed by atoms with van der Waals surface area (Å²) in [6.45, 7) is 0. The van der Waals surface area contributed by atoms with Crippen LogP contribution < -0.4 is 11.1 Å². The SMILES string of the molecule is Cn1ncc2c(Nc3ccccc3N)ncnc21. The molecule has 0 spiro atoms. The first-order valence-corrected chi connectivity index (χ1v) is 5.50. The van der Waals surface area contributed by atoms with Crippen molar-refractivity contribution in [3.8, 4) is 0 Å². The van der Waals surface area contributed by atoms with E-state index < -0.39 is 0 Å². The molecule has 0 aliphatic heterocycles. The number of nitrogens with one attached hydrogen (secondary N) is 1. The molecule has 0 amide bonds. The van der Waals surface area contributed by atoms with Crippen LogP contribution >= 0.6 is 0 Å². The number of anilines is 3. The van der Waals surface area contributed by atoms with E-state index in [1.165, 1.54) is 6.33 Å². The Morgan fingerprint density at radius 3 is 2.89 bits per heavy atom. The van der Waals surface area contributed by atoms with E-state index in [-0.39, 0.29) is 0 Å². The Hall–Kier alpha value is -2.63. The first-order chi connectivity index (χ1) is 8.75. The molecule has 3 N–H and O–H groups in total. The molecule has 0 aliphatic rings. The standard InChI is InChI=1S/C12H12N6/c1-18-12-8(6-16-18)11(14-7-15-12)17-10-5-3-2-4-9(10)13/h2-7H,13H2,1H3,(H,14,15,17). The molecule has 3 rings (SSSR count). The van der Waals surface area contributed by atoms with Gasteiger partial charge in [-0.05, 0) is 12.1 Å². The van der Waals surface area contributed by atoms with Crippen LogP contribution in [0.15, 0.2) is 36.8 Å². The summed E-state index contributed by atoms with van der Waals surface area (Å²) in [6, 6.07) is 7.55. The Labute approximate surface area is 103 Å². The number of fused-ring (bicyclic) bond motifs is 1. The Morgan fingerprint density at radius 2 is 2.06 bits per heavy atom. The minimum Gasteiger partial charge on any atom is -0.397 e. The fourth-order valence-corrected chi connectivity index (χ4v) is 1.80. The fourth-order valence-electron chi connectivity index (χ4n) is 1.80. The summed E-state index contributed by atoms with van der Waals surface area (Å²) in [6.07, 6.45) is 3.24. The van der Waals surface area contributed by atoms with Crippen molar-refractivity contribution in [3.05, 3.63) is 36.8 Å². The second-order valence-electron chi connectivity index (χ2n) is 3.94. The molecule has 0 fully saturated rings. The monoisotopic (exact) mass is 240 g/mol. The topological polar surface area (TPSA) is 81.7 Å². The number of nitrogens with two attached hydrogens (primary N) is 1. The van der Waals surface area contributed by atoms with Gasteiger partial charge in [0, 0.05) is 7.05 Å². The summed E-state index contributed by atoms with van der Waals surface area (Å²) >= 11 is 0. The molecule has 0 saturated carbocycles. The summed E-state index contributed by atoms with van der Waals surface area (Å²) in [4.78, 5) is 8.41. The second kappa shape index (κ2) is 3.99. The molecule has 90 valence electrons. The molecule has 18 heavy (non-hydrogen) atoms. The Kier molecular flexibility index (Phi) is 2.33. The third-order valence-electron chi connectivity index (χ3n) is 2.74. The maximum Gasteiger partial charge on any atom is 0.163 e. The molecule has 0 radical (unpaired) electrons. The molecule has 0 saturated heterocycles. The number of hydrogen-bond donors (Lipinski definition) is 2. The van der Waals surface area contributed by atoms with E-state index in [4.69, 9.17) is 5.73 Å². The number of hydrogen-bond acceptors (Lipinski definition) is 5. The fraction of sp³-hybridized carbons (Fsp3) is 0.0833. The largest absolute Gasteiger partial charge is 0.397 e. The first-order valence-electron chi connectivity index (χ1n) is 5.50.